The summed E-state index contributed by atoms with van der Waals surface area (Å²) in [5.74, 6) is 0.275. The van der Waals surface area contributed by atoms with Crippen molar-refractivity contribution in [2.24, 2.45) is 5.92 Å². The van der Waals surface area contributed by atoms with Gasteiger partial charge in [0.2, 0.25) is 5.70 Å². The fourth-order valence-corrected chi connectivity index (χ4v) is 2.20. The summed E-state index contributed by atoms with van der Waals surface area (Å²) in [7, 11) is 0. The van der Waals surface area contributed by atoms with Crippen LogP contribution in [0.3, 0.4) is 0 Å². The molecule has 1 rings (SSSR count). The molecule has 0 saturated carbocycles. The van der Waals surface area contributed by atoms with Crippen LogP contribution in [0, 0.1) is 16.0 Å². The molecule has 0 N–H and O–H groups in total. The highest BCUT2D eigenvalue weighted by atomic mass is 35.5. The van der Waals surface area contributed by atoms with E-state index in [2.05, 4.69) is 0 Å². The Morgan fingerprint density at radius 2 is 2.40 bits per heavy atom. The van der Waals surface area contributed by atoms with Crippen LogP contribution in [0.15, 0.2) is 17.1 Å². The van der Waals surface area contributed by atoms with Crippen molar-refractivity contribution >= 4 is 29.0 Å². The maximum atomic E-state index is 10.8. The molecule has 0 aromatic carbocycles. The molecule has 5 heteroatoms. The van der Waals surface area contributed by atoms with Gasteiger partial charge in [0.05, 0.1) is 9.95 Å². The number of hydrogen-bond acceptors (Lipinski definition) is 3. The van der Waals surface area contributed by atoms with Crippen LogP contribution >= 0.6 is 22.9 Å². The topological polar surface area (TPSA) is 43.1 Å². The molecule has 1 aromatic heterocycles. The van der Waals surface area contributed by atoms with Crippen LogP contribution in [0.2, 0.25) is 5.02 Å². The molecule has 1 aromatic rings. The van der Waals surface area contributed by atoms with E-state index in [9.17, 15) is 10.1 Å². The molecule has 0 spiro atoms. The Morgan fingerprint density at radius 1 is 1.73 bits per heavy atom. The van der Waals surface area contributed by atoms with Gasteiger partial charge in [-0.05, 0) is 12.0 Å². The summed E-state index contributed by atoms with van der Waals surface area (Å²) in [4.78, 5) is 11.3. The fourth-order valence-electron chi connectivity index (χ4n) is 1.17. The highest BCUT2D eigenvalue weighted by molar-refractivity contribution is 7.11. The number of nitro groups is 1. The third kappa shape index (κ3) is 4.01. The summed E-state index contributed by atoms with van der Waals surface area (Å²) in [6.07, 6.45) is 2.07. The zero-order valence-electron chi connectivity index (χ0n) is 8.57. The molecule has 0 aliphatic heterocycles. The van der Waals surface area contributed by atoms with Crippen molar-refractivity contribution in [3.05, 3.63) is 37.2 Å². The summed E-state index contributed by atoms with van der Waals surface area (Å²) in [6.45, 7) is 3.91. The highest BCUT2D eigenvalue weighted by Crippen LogP contribution is 2.23. The maximum absolute atomic E-state index is 10.8. The van der Waals surface area contributed by atoms with Crippen molar-refractivity contribution in [2.75, 3.05) is 0 Å². The lowest BCUT2D eigenvalue weighted by molar-refractivity contribution is -0.427. The van der Waals surface area contributed by atoms with Gasteiger partial charge >= 0.3 is 0 Å². The minimum absolute atomic E-state index is 0.239. The zero-order valence-corrected chi connectivity index (χ0v) is 10.1. The van der Waals surface area contributed by atoms with Gasteiger partial charge in [-0.3, -0.25) is 10.1 Å². The van der Waals surface area contributed by atoms with Gasteiger partial charge in [-0.1, -0.05) is 25.4 Å². The number of hydrogen-bond donors (Lipinski definition) is 0. The molecule has 0 bridgehead atoms. The van der Waals surface area contributed by atoms with Crippen molar-refractivity contribution in [1.82, 2.24) is 0 Å². The Labute approximate surface area is 97.5 Å². The van der Waals surface area contributed by atoms with Crippen LogP contribution in [-0.4, -0.2) is 4.92 Å². The Bertz CT molecular complexity index is 385. The maximum Gasteiger partial charge on any atom is 0.247 e. The number of rotatable bonds is 4. The first-order valence-electron chi connectivity index (χ1n) is 4.58. The Morgan fingerprint density at radius 3 is 2.80 bits per heavy atom. The first-order valence-corrected chi connectivity index (χ1v) is 5.84. The molecule has 0 aliphatic carbocycles. The summed E-state index contributed by atoms with van der Waals surface area (Å²) < 4.78 is 0. The van der Waals surface area contributed by atoms with Crippen LogP contribution in [-0.2, 0) is 0 Å². The van der Waals surface area contributed by atoms with E-state index in [-0.39, 0.29) is 16.5 Å². The largest absolute Gasteiger partial charge is 0.259 e. The van der Waals surface area contributed by atoms with Crippen molar-refractivity contribution in [3.8, 4) is 0 Å². The van der Waals surface area contributed by atoms with E-state index < -0.39 is 0 Å². The number of nitrogens with zero attached hydrogens (tertiary/aromatic N) is 1. The summed E-state index contributed by atoms with van der Waals surface area (Å²) >= 11 is 7.15. The quantitative estimate of drug-likeness (QED) is 0.593. The molecular weight excluding hydrogens is 234 g/mol. The molecule has 0 atom stereocenters. The lowest BCUT2D eigenvalue weighted by Gasteiger charge is -2.01. The molecule has 0 radical (unpaired) electrons. The smallest absolute Gasteiger partial charge is 0.247 e. The van der Waals surface area contributed by atoms with E-state index in [4.69, 9.17) is 11.6 Å². The van der Waals surface area contributed by atoms with Gasteiger partial charge in [-0.15, -0.1) is 11.3 Å². The fraction of sp³-hybridized carbons (Fsp3) is 0.400. The van der Waals surface area contributed by atoms with Crippen molar-refractivity contribution in [3.63, 3.8) is 0 Å². The molecule has 82 valence electrons. The zero-order chi connectivity index (χ0) is 11.4. The SMILES string of the molecule is CC(C)CC(=Cc1cc(Cl)cs1)[N+](=O)[O-]. The third-order valence-corrected chi connectivity index (χ3v) is 2.98. The van der Waals surface area contributed by atoms with Crippen LogP contribution < -0.4 is 0 Å². The first-order chi connectivity index (χ1) is 6.99. The van der Waals surface area contributed by atoms with E-state index in [1.54, 1.807) is 17.5 Å². The normalized spacial score (nSPS) is 12.1. The highest BCUT2D eigenvalue weighted by Gasteiger charge is 2.13. The molecule has 0 saturated heterocycles. The Kier molecular flexibility index (Phi) is 4.29. The standard InChI is InChI=1S/C10H12ClNO2S/c1-7(2)3-9(12(13)14)5-10-4-8(11)6-15-10/h4-7H,3H2,1-2H3. The van der Waals surface area contributed by atoms with Gasteiger partial charge in [0.15, 0.2) is 0 Å². The van der Waals surface area contributed by atoms with E-state index in [1.807, 2.05) is 13.8 Å². The average Bonchev–Trinajstić information content (AvgIpc) is 2.49. The van der Waals surface area contributed by atoms with Crippen LogP contribution in [0.4, 0.5) is 0 Å². The molecule has 15 heavy (non-hydrogen) atoms. The molecule has 1 heterocycles. The van der Waals surface area contributed by atoms with Gasteiger partial charge in [0.1, 0.15) is 0 Å². The lowest BCUT2D eigenvalue weighted by Crippen LogP contribution is -2.01. The predicted molar refractivity (Wildman–Crippen MR) is 63.8 cm³/mol. The van der Waals surface area contributed by atoms with Gasteiger partial charge < -0.3 is 0 Å². The number of thiophene rings is 1. The second-order valence-electron chi connectivity index (χ2n) is 3.66. The Hall–Kier alpha value is -0.870. The number of allylic oxidation sites excluding steroid dienone is 1. The van der Waals surface area contributed by atoms with Crippen molar-refractivity contribution in [1.29, 1.82) is 0 Å². The monoisotopic (exact) mass is 245 g/mol. The minimum atomic E-state index is -0.326. The second-order valence-corrected chi connectivity index (χ2v) is 5.04. The van der Waals surface area contributed by atoms with Gasteiger partial charge in [-0.2, -0.15) is 0 Å². The van der Waals surface area contributed by atoms with Gasteiger partial charge in [-0.25, -0.2) is 0 Å². The Balaban J connectivity index is 2.88. The summed E-state index contributed by atoms with van der Waals surface area (Å²) in [5.41, 5.74) is 0.239. The van der Waals surface area contributed by atoms with Crippen molar-refractivity contribution < 1.29 is 4.92 Å². The summed E-state index contributed by atoms with van der Waals surface area (Å²) in [5, 5.41) is 13.1. The van der Waals surface area contributed by atoms with Crippen molar-refractivity contribution in [2.45, 2.75) is 20.3 Å². The third-order valence-electron chi connectivity index (χ3n) is 1.75. The van der Waals surface area contributed by atoms with Crippen LogP contribution in [0.25, 0.3) is 6.08 Å². The van der Waals surface area contributed by atoms with E-state index in [0.29, 0.717) is 11.4 Å². The van der Waals surface area contributed by atoms with Crippen LogP contribution in [0.1, 0.15) is 25.1 Å². The molecule has 0 fully saturated rings. The molecular formula is C10H12ClNO2S. The van der Waals surface area contributed by atoms with Gasteiger partial charge in [0.25, 0.3) is 0 Å². The van der Waals surface area contributed by atoms with E-state index >= 15 is 0 Å². The molecule has 0 amide bonds. The van der Waals surface area contributed by atoms with E-state index in [1.165, 1.54) is 11.3 Å². The first kappa shape index (κ1) is 12.2. The second kappa shape index (κ2) is 5.28. The minimum Gasteiger partial charge on any atom is -0.259 e. The number of halogens is 1. The van der Waals surface area contributed by atoms with Gasteiger partial charge in [0, 0.05) is 22.8 Å². The van der Waals surface area contributed by atoms with Crippen LogP contribution in [0.5, 0.6) is 0 Å². The molecule has 0 unspecified atom stereocenters. The average molecular weight is 246 g/mol. The molecule has 0 aliphatic rings. The predicted octanol–water partition coefficient (Wildman–Crippen LogP) is 4.07. The summed E-state index contributed by atoms with van der Waals surface area (Å²) in [6, 6.07) is 1.73. The molecule has 3 nitrogen and oxygen atoms in total. The van der Waals surface area contributed by atoms with E-state index in [0.717, 1.165) is 4.88 Å². The lowest BCUT2D eigenvalue weighted by atomic mass is 10.1.